The van der Waals surface area contributed by atoms with Crippen molar-refractivity contribution in [3.8, 4) is 0 Å². The lowest BCUT2D eigenvalue weighted by Gasteiger charge is -2.23. The molecule has 1 aliphatic heterocycles. The van der Waals surface area contributed by atoms with E-state index in [0.29, 0.717) is 5.41 Å². The first kappa shape index (κ1) is 13.8. The molecule has 19 heavy (non-hydrogen) atoms. The molecule has 1 N–H and O–H groups in total. The molecule has 1 amide bonds. The number of nitrogens with zero attached hydrogens (tertiary/aromatic N) is 2. The minimum absolute atomic E-state index is 0.122. The molecular weight excluding hydrogens is 238 g/mol. The van der Waals surface area contributed by atoms with Gasteiger partial charge in [0.2, 0.25) is 0 Å². The third-order valence-electron chi connectivity index (χ3n) is 3.89. The number of carbonyl (C=O) groups is 1. The molecule has 0 aromatic carbocycles. The number of rotatable bonds is 2. The largest absolute Gasteiger partial charge is 0.373 e. The van der Waals surface area contributed by atoms with Crippen molar-refractivity contribution < 1.29 is 4.79 Å². The Bertz CT molecular complexity index is 456. The van der Waals surface area contributed by atoms with Crippen LogP contribution in [0.4, 0.5) is 5.82 Å². The molecule has 0 aliphatic carbocycles. The first-order valence-electron chi connectivity index (χ1n) is 6.95. The fraction of sp³-hybridized carbons (Fsp3) is 0.600. The Labute approximate surface area is 115 Å². The Kier molecular flexibility index (Phi) is 4.08. The summed E-state index contributed by atoms with van der Waals surface area (Å²) in [6, 6.07) is 3.61. The highest BCUT2D eigenvalue weighted by Gasteiger charge is 2.25. The summed E-state index contributed by atoms with van der Waals surface area (Å²) in [4.78, 5) is 18.6. The number of aromatic nitrogens is 1. The number of hydrogen-bond donors (Lipinski definition) is 1. The van der Waals surface area contributed by atoms with Gasteiger partial charge in [0.15, 0.2) is 0 Å². The molecule has 2 heterocycles. The number of likely N-dealkylation sites (tertiary alicyclic amines) is 1. The number of hydrogen-bond acceptors (Lipinski definition) is 3. The van der Waals surface area contributed by atoms with Crippen LogP contribution < -0.4 is 5.32 Å². The van der Waals surface area contributed by atoms with Crippen LogP contribution in [0.15, 0.2) is 18.3 Å². The van der Waals surface area contributed by atoms with Crippen molar-refractivity contribution in [2.24, 2.45) is 5.41 Å². The third-order valence-corrected chi connectivity index (χ3v) is 3.89. The van der Waals surface area contributed by atoms with Crippen LogP contribution >= 0.6 is 0 Å². The molecule has 1 aromatic heterocycles. The molecule has 0 unspecified atom stereocenters. The number of pyridine rings is 1. The zero-order valence-electron chi connectivity index (χ0n) is 12.1. The van der Waals surface area contributed by atoms with Crippen LogP contribution in [0.3, 0.4) is 0 Å². The van der Waals surface area contributed by atoms with Crippen molar-refractivity contribution in [2.45, 2.75) is 33.1 Å². The van der Waals surface area contributed by atoms with Gasteiger partial charge in [-0.25, -0.2) is 4.98 Å². The molecule has 104 valence electrons. The van der Waals surface area contributed by atoms with Crippen molar-refractivity contribution in [3.05, 3.63) is 23.9 Å². The van der Waals surface area contributed by atoms with Gasteiger partial charge in [-0.1, -0.05) is 13.8 Å². The lowest BCUT2D eigenvalue weighted by Crippen LogP contribution is -2.32. The summed E-state index contributed by atoms with van der Waals surface area (Å²) in [5.41, 5.74) is 1.07. The minimum atomic E-state index is 0.122. The molecule has 0 saturated carbocycles. The van der Waals surface area contributed by atoms with Gasteiger partial charge in [0, 0.05) is 31.9 Å². The van der Waals surface area contributed by atoms with Crippen LogP contribution in [-0.4, -0.2) is 35.9 Å². The van der Waals surface area contributed by atoms with Crippen LogP contribution in [0.2, 0.25) is 0 Å². The zero-order valence-corrected chi connectivity index (χ0v) is 12.1. The molecule has 1 saturated heterocycles. The summed E-state index contributed by atoms with van der Waals surface area (Å²) in [5, 5.41) is 2.97. The average molecular weight is 261 g/mol. The maximum atomic E-state index is 12.5. The number of nitrogens with one attached hydrogen (secondary N) is 1. The van der Waals surface area contributed by atoms with Crippen molar-refractivity contribution in [1.82, 2.24) is 9.88 Å². The predicted octanol–water partition coefficient (Wildman–Crippen LogP) is 2.78. The molecule has 2 rings (SSSR count). The summed E-state index contributed by atoms with van der Waals surface area (Å²) in [6.07, 6.45) is 5.03. The Morgan fingerprint density at radius 3 is 2.89 bits per heavy atom. The first-order chi connectivity index (χ1) is 9.02. The number of carbonyl (C=O) groups excluding carboxylic acids is 1. The van der Waals surface area contributed by atoms with E-state index in [1.165, 1.54) is 6.42 Å². The van der Waals surface area contributed by atoms with Crippen molar-refractivity contribution in [2.75, 3.05) is 25.5 Å². The van der Waals surface area contributed by atoms with Gasteiger partial charge in [-0.3, -0.25) is 4.79 Å². The van der Waals surface area contributed by atoms with E-state index < -0.39 is 0 Å². The maximum Gasteiger partial charge on any atom is 0.254 e. The summed E-state index contributed by atoms with van der Waals surface area (Å²) in [6.45, 7) is 6.28. The maximum absolute atomic E-state index is 12.5. The highest BCUT2D eigenvalue weighted by Crippen LogP contribution is 2.30. The van der Waals surface area contributed by atoms with Gasteiger partial charge in [0.25, 0.3) is 5.91 Å². The molecule has 1 fully saturated rings. The Morgan fingerprint density at radius 2 is 2.16 bits per heavy atom. The zero-order chi connectivity index (χ0) is 13.9. The van der Waals surface area contributed by atoms with Gasteiger partial charge in [-0.05, 0) is 36.8 Å². The third kappa shape index (κ3) is 3.46. The fourth-order valence-corrected chi connectivity index (χ4v) is 2.51. The lowest BCUT2D eigenvalue weighted by molar-refractivity contribution is 0.0757. The van der Waals surface area contributed by atoms with Crippen molar-refractivity contribution >= 4 is 11.7 Å². The highest BCUT2D eigenvalue weighted by atomic mass is 16.2. The normalized spacial score (nSPS) is 18.8. The fourth-order valence-electron chi connectivity index (χ4n) is 2.51. The van der Waals surface area contributed by atoms with Gasteiger partial charge in [-0.15, -0.1) is 0 Å². The quantitative estimate of drug-likeness (QED) is 0.890. The Balaban J connectivity index is 2.10. The minimum Gasteiger partial charge on any atom is -0.373 e. The van der Waals surface area contributed by atoms with Crippen LogP contribution in [0.5, 0.6) is 0 Å². The van der Waals surface area contributed by atoms with E-state index in [0.717, 1.165) is 37.3 Å². The van der Waals surface area contributed by atoms with E-state index in [4.69, 9.17) is 0 Å². The Hall–Kier alpha value is -1.58. The van der Waals surface area contributed by atoms with Gasteiger partial charge < -0.3 is 10.2 Å². The van der Waals surface area contributed by atoms with Crippen LogP contribution in [0.1, 0.15) is 43.5 Å². The molecule has 0 radical (unpaired) electrons. The molecule has 1 aromatic rings. The molecule has 0 bridgehead atoms. The van der Waals surface area contributed by atoms with Crippen LogP contribution in [0.25, 0.3) is 0 Å². The molecule has 4 nitrogen and oxygen atoms in total. The van der Waals surface area contributed by atoms with Crippen LogP contribution in [-0.2, 0) is 0 Å². The molecule has 4 heteroatoms. The van der Waals surface area contributed by atoms with Gasteiger partial charge >= 0.3 is 0 Å². The van der Waals surface area contributed by atoms with Crippen molar-refractivity contribution in [3.63, 3.8) is 0 Å². The molecule has 1 aliphatic rings. The van der Waals surface area contributed by atoms with E-state index in [1.807, 2.05) is 18.0 Å². The molecule has 0 atom stereocenters. The van der Waals surface area contributed by atoms with E-state index in [9.17, 15) is 4.79 Å². The molecular formula is C15H23N3O. The predicted molar refractivity (Wildman–Crippen MR) is 77.3 cm³/mol. The smallest absolute Gasteiger partial charge is 0.254 e. The van der Waals surface area contributed by atoms with Crippen LogP contribution in [0, 0.1) is 5.41 Å². The lowest BCUT2D eigenvalue weighted by atomic mass is 9.85. The van der Waals surface area contributed by atoms with Gasteiger partial charge in [-0.2, -0.15) is 0 Å². The second kappa shape index (κ2) is 5.59. The van der Waals surface area contributed by atoms with E-state index in [-0.39, 0.29) is 5.91 Å². The number of anilines is 1. The van der Waals surface area contributed by atoms with Gasteiger partial charge in [0.1, 0.15) is 5.82 Å². The number of amides is 1. The summed E-state index contributed by atoms with van der Waals surface area (Å²) in [7, 11) is 1.81. The summed E-state index contributed by atoms with van der Waals surface area (Å²) >= 11 is 0. The second-order valence-corrected chi connectivity index (χ2v) is 5.99. The SMILES string of the molecule is CNc1cc(C(=O)N2CCCC(C)(C)CC2)ccn1. The van der Waals surface area contributed by atoms with E-state index in [1.54, 1.807) is 12.3 Å². The first-order valence-corrected chi connectivity index (χ1v) is 6.95. The summed E-state index contributed by atoms with van der Waals surface area (Å²) in [5.74, 6) is 0.859. The monoisotopic (exact) mass is 261 g/mol. The second-order valence-electron chi connectivity index (χ2n) is 5.99. The highest BCUT2D eigenvalue weighted by molar-refractivity contribution is 5.94. The summed E-state index contributed by atoms with van der Waals surface area (Å²) < 4.78 is 0. The standard InChI is InChI=1S/C15H23N3O/c1-15(2)6-4-9-18(10-7-15)14(19)12-5-8-17-13(11-12)16-3/h5,8,11H,4,6-7,9-10H2,1-3H3,(H,16,17). The van der Waals surface area contributed by atoms with E-state index >= 15 is 0 Å². The topological polar surface area (TPSA) is 45.2 Å². The Morgan fingerprint density at radius 1 is 1.37 bits per heavy atom. The molecule has 0 spiro atoms. The average Bonchev–Trinajstić information content (AvgIpc) is 2.59. The van der Waals surface area contributed by atoms with Gasteiger partial charge in [0.05, 0.1) is 0 Å². The van der Waals surface area contributed by atoms with Crippen molar-refractivity contribution in [1.29, 1.82) is 0 Å². The van der Waals surface area contributed by atoms with E-state index in [2.05, 4.69) is 24.1 Å².